The average molecular weight is 763 g/mol. The summed E-state index contributed by atoms with van der Waals surface area (Å²) >= 11 is 1.53. The number of aryl methyl sites for hydroxylation is 1. The maximum Gasteiger partial charge on any atom is 0.240 e. The van der Waals surface area contributed by atoms with Crippen LogP contribution in [0.1, 0.15) is 95.7 Å². The number of nitrogens with one attached hydrogen (secondary N) is 1. The molecule has 11 nitrogen and oxygen atoms in total. The number of carbonyl (C=O) groups excluding carboxylic acids is 3. The minimum absolute atomic E-state index is 0.105. The van der Waals surface area contributed by atoms with Gasteiger partial charge in [-0.3, -0.25) is 19.1 Å². The smallest absolute Gasteiger partial charge is 0.240 e. The van der Waals surface area contributed by atoms with Crippen molar-refractivity contribution in [2.75, 3.05) is 20.7 Å². The van der Waals surface area contributed by atoms with E-state index in [2.05, 4.69) is 25.5 Å². The summed E-state index contributed by atoms with van der Waals surface area (Å²) in [6.45, 7) is 6.84. The van der Waals surface area contributed by atoms with Crippen molar-refractivity contribution in [1.82, 2.24) is 19.6 Å². The van der Waals surface area contributed by atoms with Crippen LogP contribution in [-0.4, -0.2) is 72.9 Å². The number of ketones is 1. The number of methoxy groups -OCH3 is 1. The molecule has 13 heteroatoms. The normalized spacial score (nSPS) is 27.2. The van der Waals surface area contributed by atoms with Gasteiger partial charge < -0.3 is 14.4 Å². The largest absolute Gasteiger partial charge is 0.496 e. The van der Waals surface area contributed by atoms with Gasteiger partial charge in [-0.1, -0.05) is 32.9 Å². The van der Waals surface area contributed by atoms with E-state index in [1.54, 1.807) is 19.1 Å². The number of rotatable bonds is 9. The Balaban J connectivity index is 1.22. The van der Waals surface area contributed by atoms with Gasteiger partial charge in [-0.15, -0.1) is 11.3 Å². The van der Waals surface area contributed by atoms with E-state index in [1.165, 1.54) is 11.3 Å². The van der Waals surface area contributed by atoms with Crippen LogP contribution in [0.3, 0.4) is 0 Å². The van der Waals surface area contributed by atoms with Crippen LogP contribution in [0.25, 0.3) is 21.6 Å². The SMILES string of the molecule is CCc1c(OC)ccc2c(O[C@@H]3CC4C(=O)N(C)CCCC/C=C\C5C[C@@]5(C(=O)NS(=O)(=O)C5CC5)CC(=O)[C@@H]4C3)cc(-c3nc(C(C)C)cs3)nc12. The van der Waals surface area contributed by atoms with E-state index in [4.69, 9.17) is 19.4 Å². The fraction of sp³-hybridized carbons (Fsp3) is 0.575. The number of aromatic nitrogens is 2. The molecule has 1 aliphatic heterocycles. The highest BCUT2D eigenvalue weighted by Crippen LogP contribution is 2.58. The second-order valence-electron chi connectivity index (χ2n) is 15.6. The van der Waals surface area contributed by atoms with E-state index in [0.29, 0.717) is 56.5 Å². The molecule has 2 unspecified atom stereocenters. The zero-order valence-corrected chi connectivity index (χ0v) is 32.9. The topological polar surface area (TPSA) is 145 Å². The van der Waals surface area contributed by atoms with Crippen LogP contribution < -0.4 is 14.2 Å². The first kappa shape index (κ1) is 37.5. The lowest BCUT2D eigenvalue weighted by molar-refractivity contribution is -0.140. The summed E-state index contributed by atoms with van der Waals surface area (Å²) < 4.78 is 40.5. The number of pyridine rings is 1. The summed E-state index contributed by atoms with van der Waals surface area (Å²) in [6, 6.07) is 5.76. The third-order valence-electron chi connectivity index (χ3n) is 11.6. The number of thiazole rings is 1. The first-order valence-electron chi connectivity index (χ1n) is 19.0. The summed E-state index contributed by atoms with van der Waals surface area (Å²) in [5, 5.41) is 3.08. The lowest BCUT2D eigenvalue weighted by Crippen LogP contribution is -2.42. The summed E-state index contributed by atoms with van der Waals surface area (Å²) in [7, 11) is -0.357. The van der Waals surface area contributed by atoms with Crippen LogP contribution in [-0.2, 0) is 30.8 Å². The lowest BCUT2D eigenvalue weighted by Gasteiger charge is -2.26. The molecule has 0 radical (unpaired) electrons. The number of sulfonamides is 1. The molecule has 2 amide bonds. The van der Waals surface area contributed by atoms with Gasteiger partial charge in [-0.2, -0.15) is 0 Å². The van der Waals surface area contributed by atoms with Crippen LogP contribution in [0.5, 0.6) is 11.5 Å². The van der Waals surface area contributed by atoms with Crippen LogP contribution in [0, 0.1) is 23.2 Å². The van der Waals surface area contributed by atoms with Gasteiger partial charge in [-0.05, 0) is 81.8 Å². The van der Waals surface area contributed by atoms with Crippen molar-refractivity contribution in [2.24, 2.45) is 23.2 Å². The Bertz CT molecular complexity index is 2060. The number of nitrogens with zero attached hydrogens (tertiary/aromatic N) is 3. The molecule has 3 aromatic rings. The van der Waals surface area contributed by atoms with E-state index < -0.39 is 44.5 Å². The van der Waals surface area contributed by atoms with Crippen molar-refractivity contribution in [3.63, 3.8) is 0 Å². The number of amides is 2. The van der Waals surface area contributed by atoms with Crippen molar-refractivity contribution in [2.45, 2.75) is 102 Å². The van der Waals surface area contributed by atoms with Crippen molar-refractivity contribution in [3.05, 3.63) is 47.0 Å². The fourth-order valence-corrected chi connectivity index (χ4v) is 10.5. The Morgan fingerprint density at radius 1 is 1.11 bits per heavy atom. The van der Waals surface area contributed by atoms with Gasteiger partial charge in [0.05, 0.1) is 34.9 Å². The molecule has 7 rings (SSSR count). The lowest BCUT2D eigenvalue weighted by atomic mass is 9.84. The Morgan fingerprint density at radius 2 is 1.89 bits per heavy atom. The molecule has 53 heavy (non-hydrogen) atoms. The minimum Gasteiger partial charge on any atom is -0.496 e. The molecule has 0 spiro atoms. The molecule has 1 N–H and O–H groups in total. The van der Waals surface area contributed by atoms with E-state index in [-0.39, 0.29) is 29.9 Å². The van der Waals surface area contributed by atoms with E-state index in [0.717, 1.165) is 52.2 Å². The maximum absolute atomic E-state index is 14.4. The fourth-order valence-electron chi connectivity index (χ4n) is 8.13. The molecule has 4 aliphatic rings. The molecular weight excluding hydrogens is 713 g/mol. The second kappa shape index (κ2) is 14.8. The molecule has 3 saturated carbocycles. The highest BCUT2D eigenvalue weighted by molar-refractivity contribution is 7.90. The number of ether oxygens (including phenoxy) is 2. The highest BCUT2D eigenvalue weighted by Gasteiger charge is 2.61. The van der Waals surface area contributed by atoms with Crippen molar-refractivity contribution >= 4 is 49.9 Å². The van der Waals surface area contributed by atoms with Gasteiger partial charge in [0, 0.05) is 48.3 Å². The number of hydrogen-bond acceptors (Lipinski definition) is 10. The zero-order valence-electron chi connectivity index (χ0n) is 31.2. The van der Waals surface area contributed by atoms with E-state index in [9.17, 15) is 22.8 Å². The Hall–Kier alpha value is -3.84. The molecule has 3 heterocycles. The molecule has 0 bridgehead atoms. The van der Waals surface area contributed by atoms with E-state index in [1.807, 2.05) is 35.7 Å². The van der Waals surface area contributed by atoms with Crippen LogP contribution in [0.4, 0.5) is 0 Å². The summed E-state index contributed by atoms with van der Waals surface area (Å²) in [5.74, 6) is -0.860. The zero-order chi connectivity index (χ0) is 37.7. The highest BCUT2D eigenvalue weighted by atomic mass is 32.2. The van der Waals surface area contributed by atoms with Gasteiger partial charge >= 0.3 is 0 Å². The number of fused-ring (bicyclic) bond motifs is 3. The third kappa shape index (κ3) is 7.48. The maximum atomic E-state index is 14.4. The molecule has 5 atom stereocenters. The molecule has 3 aliphatic carbocycles. The Labute approximate surface area is 316 Å². The number of hydrogen-bond donors (Lipinski definition) is 1. The van der Waals surface area contributed by atoms with Gasteiger partial charge in [0.25, 0.3) is 0 Å². The van der Waals surface area contributed by atoms with Crippen molar-refractivity contribution in [3.8, 4) is 22.2 Å². The summed E-state index contributed by atoms with van der Waals surface area (Å²) in [6.07, 6.45) is 8.64. The third-order valence-corrected chi connectivity index (χ3v) is 14.3. The van der Waals surface area contributed by atoms with Crippen LogP contribution in [0.15, 0.2) is 35.7 Å². The summed E-state index contributed by atoms with van der Waals surface area (Å²) in [4.78, 5) is 53.9. The van der Waals surface area contributed by atoms with E-state index >= 15 is 0 Å². The Kier molecular flexibility index (Phi) is 10.4. The quantitative estimate of drug-likeness (QED) is 0.239. The van der Waals surface area contributed by atoms with Gasteiger partial charge in [-0.25, -0.2) is 18.4 Å². The Morgan fingerprint density at radius 3 is 2.58 bits per heavy atom. The first-order chi connectivity index (χ1) is 25.3. The predicted molar refractivity (Wildman–Crippen MR) is 204 cm³/mol. The minimum atomic E-state index is -3.79. The van der Waals surface area contributed by atoms with Gasteiger partial charge in [0.2, 0.25) is 21.8 Å². The molecule has 284 valence electrons. The molecule has 0 saturated heterocycles. The summed E-state index contributed by atoms with van der Waals surface area (Å²) in [5.41, 5.74) is 2.22. The number of Topliss-reactive ketones (excluding diaryl/α,β-unsaturated/α-hetero) is 1. The number of benzene rings is 1. The molecule has 2 aromatic heterocycles. The predicted octanol–water partition coefficient (Wildman–Crippen LogP) is 6.60. The molecule has 1 aromatic carbocycles. The first-order valence-corrected chi connectivity index (χ1v) is 21.4. The van der Waals surface area contributed by atoms with Crippen LogP contribution in [0.2, 0.25) is 0 Å². The number of carbonyl (C=O) groups is 3. The van der Waals surface area contributed by atoms with Gasteiger partial charge in [0.1, 0.15) is 34.1 Å². The van der Waals surface area contributed by atoms with Crippen molar-refractivity contribution in [1.29, 1.82) is 0 Å². The molecular formula is C40H50N4O7S2. The monoisotopic (exact) mass is 762 g/mol. The standard InChI is InChI=1S/C40H50N4O7S2/c1-6-27-34(50-5)15-14-28-35(19-31(41-36(27)28)37-42-32(22-52-37)23(2)3)51-25-17-29-30(18-25)38(46)44(4)16-10-8-7-9-11-24-20-40(24,21-33(29)45)39(47)43-53(48,49)26-12-13-26/h9,11,14-15,19,22-26,29-30H,6-8,10,12-13,16-18,20-21H2,1-5H3,(H,43,47)/b11-9-/t24?,25-,29+,30?,40+/m0/s1. The van der Waals surface area contributed by atoms with Crippen LogP contribution >= 0.6 is 11.3 Å². The average Bonchev–Trinajstić information content (AvgIpc) is 4.01. The molecule has 3 fully saturated rings. The second-order valence-corrected chi connectivity index (χ2v) is 18.4. The van der Waals surface area contributed by atoms with Gasteiger partial charge in [0.15, 0.2) is 0 Å². The van der Waals surface area contributed by atoms with Crippen molar-refractivity contribution < 1.29 is 32.3 Å². The number of allylic oxidation sites excluding steroid dienone is 2.